The molecule has 2 aromatic rings. The third kappa shape index (κ3) is 5.44. The van der Waals surface area contributed by atoms with Gasteiger partial charge in [-0.25, -0.2) is 4.98 Å². The largest absolute Gasteiger partial charge is 0.495 e. The monoisotopic (exact) mass is 564 g/mol. The molecule has 2 heterocycles. The second kappa shape index (κ2) is 11.1. The molecule has 41 heavy (non-hydrogen) atoms. The number of aromatic nitrogens is 2. The Bertz CT molecular complexity index is 1310. The molecule has 1 amide bonds. The highest BCUT2D eigenvalue weighted by molar-refractivity contribution is 6.02. The summed E-state index contributed by atoms with van der Waals surface area (Å²) in [6, 6.07) is 5.67. The Morgan fingerprint density at radius 2 is 1.95 bits per heavy atom. The van der Waals surface area contributed by atoms with Gasteiger partial charge in [-0.2, -0.15) is 4.98 Å². The molecule has 0 radical (unpaired) electrons. The van der Waals surface area contributed by atoms with Crippen LogP contribution in [0.5, 0.6) is 5.75 Å². The number of anilines is 4. The molecule has 11 heteroatoms. The van der Waals surface area contributed by atoms with Crippen LogP contribution in [0.15, 0.2) is 24.4 Å². The lowest BCUT2D eigenvalue weighted by molar-refractivity contribution is -0.147. The summed E-state index contributed by atoms with van der Waals surface area (Å²) in [5, 5.41) is 17.4. The predicted octanol–water partition coefficient (Wildman–Crippen LogP) is 3.80. The molecule has 1 aliphatic heterocycles. The summed E-state index contributed by atoms with van der Waals surface area (Å²) in [7, 11) is 3.41. The highest BCUT2D eigenvalue weighted by Crippen LogP contribution is 2.52. The highest BCUT2D eigenvalue weighted by Gasteiger charge is 2.55. The number of benzene rings is 1. The highest BCUT2D eigenvalue weighted by atomic mass is 16.5. The summed E-state index contributed by atoms with van der Waals surface area (Å²) < 4.78 is 11.1. The first-order chi connectivity index (χ1) is 19.8. The van der Waals surface area contributed by atoms with E-state index in [2.05, 4.69) is 20.5 Å². The zero-order valence-corrected chi connectivity index (χ0v) is 24.1. The smallest absolute Gasteiger partial charge is 0.302 e. The third-order valence-electron chi connectivity index (χ3n) is 9.16. The van der Waals surface area contributed by atoms with E-state index in [0.29, 0.717) is 35.5 Å². The third-order valence-corrected chi connectivity index (χ3v) is 9.16. The number of esters is 1. The van der Waals surface area contributed by atoms with Gasteiger partial charge in [-0.3, -0.25) is 14.9 Å². The van der Waals surface area contributed by atoms with Gasteiger partial charge in [0.15, 0.2) is 5.82 Å². The summed E-state index contributed by atoms with van der Waals surface area (Å²) in [5.74, 6) is 1.58. The van der Waals surface area contributed by atoms with E-state index in [-0.39, 0.29) is 29.4 Å². The molecule has 11 nitrogen and oxygen atoms in total. The minimum atomic E-state index is -0.953. The average molecular weight is 565 g/mol. The van der Waals surface area contributed by atoms with Gasteiger partial charge in [-0.15, -0.1) is 0 Å². The molecule has 6 rings (SSSR count). The second-order valence-corrected chi connectivity index (χ2v) is 12.0. The minimum absolute atomic E-state index is 0.117. The summed E-state index contributed by atoms with van der Waals surface area (Å²) in [5.41, 5.74) is 1.72. The molecule has 3 saturated carbocycles. The SMILES string of the molecule is COc1cc(C(O)NC2CCCC2OC(C)=O)ccc1Nc1ncc2c(n1)N(C1CCCC1)CC1(CC1)C(=O)N2C. The van der Waals surface area contributed by atoms with E-state index >= 15 is 0 Å². The van der Waals surface area contributed by atoms with Crippen molar-refractivity contribution in [1.82, 2.24) is 15.3 Å². The van der Waals surface area contributed by atoms with Crippen LogP contribution >= 0.6 is 0 Å². The Kier molecular flexibility index (Phi) is 7.50. The number of amides is 1. The first-order valence-electron chi connectivity index (χ1n) is 14.8. The summed E-state index contributed by atoms with van der Waals surface area (Å²) in [6.45, 7) is 2.11. The van der Waals surface area contributed by atoms with Gasteiger partial charge in [-0.05, 0) is 62.6 Å². The Morgan fingerprint density at radius 3 is 2.66 bits per heavy atom. The lowest BCUT2D eigenvalue weighted by Crippen LogP contribution is -2.41. The number of hydrogen-bond donors (Lipinski definition) is 3. The molecule has 3 unspecified atom stereocenters. The molecule has 3 atom stereocenters. The molecular formula is C30H40N6O5. The minimum Gasteiger partial charge on any atom is -0.495 e. The Balaban J connectivity index is 1.23. The van der Waals surface area contributed by atoms with Crippen molar-refractivity contribution in [2.45, 2.75) is 89.1 Å². The van der Waals surface area contributed by atoms with Crippen LogP contribution in [0.3, 0.4) is 0 Å². The van der Waals surface area contributed by atoms with Crippen LogP contribution in [-0.2, 0) is 14.3 Å². The van der Waals surface area contributed by atoms with Gasteiger partial charge < -0.3 is 29.7 Å². The van der Waals surface area contributed by atoms with E-state index in [1.807, 2.05) is 19.2 Å². The molecule has 3 aliphatic carbocycles. The number of rotatable bonds is 8. The van der Waals surface area contributed by atoms with Crippen molar-refractivity contribution in [2.75, 3.05) is 35.8 Å². The molecule has 220 valence electrons. The first-order valence-corrected chi connectivity index (χ1v) is 14.8. The van der Waals surface area contributed by atoms with Crippen molar-refractivity contribution in [1.29, 1.82) is 0 Å². The number of hydrogen-bond acceptors (Lipinski definition) is 10. The van der Waals surface area contributed by atoms with Crippen LogP contribution < -0.4 is 25.2 Å². The van der Waals surface area contributed by atoms with Gasteiger partial charge in [0.1, 0.15) is 23.8 Å². The fraction of sp³-hybridized carbons (Fsp3) is 0.600. The van der Waals surface area contributed by atoms with Crippen LogP contribution in [-0.4, -0.2) is 65.8 Å². The van der Waals surface area contributed by atoms with Gasteiger partial charge in [0.2, 0.25) is 11.9 Å². The fourth-order valence-electron chi connectivity index (χ4n) is 6.72. The molecule has 3 N–H and O–H groups in total. The number of nitrogens with one attached hydrogen (secondary N) is 2. The van der Waals surface area contributed by atoms with Crippen molar-refractivity contribution in [2.24, 2.45) is 5.41 Å². The maximum absolute atomic E-state index is 13.3. The number of carbonyl (C=O) groups is 2. The van der Waals surface area contributed by atoms with E-state index < -0.39 is 6.23 Å². The number of fused-ring (bicyclic) bond motifs is 1. The Morgan fingerprint density at radius 1 is 1.17 bits per heavy atom. The number of methoxy groups -OCH3 is 1. The Labute approximate surface area is 240 Å². The van der Waals surface area contributed by atoms with Gasteiger partial charge in [0.25, 0.3) is 0 Å². The Hall–Kier alpha value is -3.44. The maximum atomic E-state index is 13.3. The van der Waals surface area contributed by atoms with Crippen molar-refractivity contribution < 1.29 is 24.2 Å². The molecule has 4 aliphatic rings. The molecule has 1 spiro atoms. The van der Waals surface area contributed by atoms with E-state index in [1.165, 1.54) is 19.8 Å². The van der Waals surface area contributed by atoms with E-state index in [4.69, 9.17) is 14.5 Å². The summed E-state index contributed by atoms with van der Waals surface area (Å²) in [4.78, 5) is 38.4. The standard InChI is InChI=1S/C30H40N6O5/c1-18(37)41-24-10-6-9-21(24)32-27(38)19-11-12-22(25(15-19)40-3)33-29-31-16-23-26(34-29)36(20-7-4-5-8-20)17-30(13-14-30)28(39)35(23)2/h11-12,15-16,20-21,24,27,32,38H,4-10,13-14,17H2,1-3H3,(H,31,33,34). The molecular weight excluding hydrogens is 524 g/mol. The summed E-state index contributed by atoms with van der Waals surface area (Å²) in [6.07, 6.45) is 9.50. The van der Waals surface area contributed by atoms with Gasteiger partial charge in [0, 0.05) is 32.6 Å². The zero-order chi connectivity index (χ0) is 28.7. The lowest BCUT2D eigenvalue weighted by Gasteiger charge is -2.31. The second-order valence-electron chi connectivity index (χ2n) is 12.0. The van der Waals surface area contributed by atoms with Crippen LogP contribution in [0.25, 0.3) is 0 Å². The van der Waals surface area contributed by atoms with E-state index in [1.54, 1.807) is 24.3 Å². The number of aliphatic hydroxyl groups excluding tert-OH is 1. The number of aliphatic hydroxyl groups is 1. The van der Waals surface area contributed by atoms with Gasteiger partial charge >= 0.3 is 5.97 Å². The van der Waals surface area contributed by atoms with Crippen LogP contribution in [0, 0.1) is 5.41 Å². The van der Waals surface area contributed by atoms with Crippen molar-refractivity contribution in [3.63, 3.8) is 0 Å². The zero-order valence-electron chi connectivity index (χ0n) is 24.1. The van der Waals surface area contributed by atoms with E-state index in [9.17, 15) is 14.7 Å². The fourth-order valence-corrected chi connectivity index (χ4v) is 6.72. The summed E-state index contributed by atoms with van der Waals surface area (Å²) >= 11 is 0. The van der Waals surface area contributed by atoms with Crippen LogP contribution in [0.4, 0.5) is 23.1 Å². The normalized spacial score (nSPS) is 24.2. The quantitative estimate of drug-likeness (QED) is 0.322. The van der Waals surface area contributed by atoms with E-state index in [0.717, 1.165) is 56.5 Å². The number of ether oxygens (including phenoxy) is 2. The molecule has 3 fully saturated rings. The molecule has 0 saturated heterocycles. The first kappa shape index (κ1) is 27.7. The molecule has 1 aromatic heterocycles. The number of carbonyl (C=O) groups excluding carboxylic acids is 2. The molecule has 0 bridgehead atoms. The average Bonchev–Trinajstić information content (AvgIpc) is 3.33. The number of nitrogens with zero attached hydrogens (tertiary/aromatic N) is 4. The van der Waals surface area contributed by atoms with Gasteiger partial charge in [0.05, 0.1) is 24.4 Å². The van der Waals surface area contributed by atoms with Crippen LogP contribution in [0.1, 0.15) is 76.5 Å². The predicted molar refractivity (Wildman–Crippen MR) is 154 cm³/mol. The van der Waals surface area contributed by atoms with Crippen LogP contribution in [0.2, 0.25) is 0 Å². The molecule has 1 aromatic carbocycles. The van der Waals surface area contributed by atoms with Crippen molar-refractivity contribution in [3.8, 4) is 5.75 Å². The maximum Gasteiger partial charge on any atom is 0.302 e. The topological polar surface area (TPSA) is 129 Å². The lowest BCUT2D eigenvalue weighted by atomic mass is 10.0. The van der Waals surface area contributed by atoms with Crippen molar-refractivity contribution >= 4 is 35.0 Å². The van der Waals surface area contributed by atoms with Gasteiger partial charge in [-0.1, -0.05) is 18.9 Å². The van der Waals surface area contributed by atoms with Crippen molar-refractivity contribution in [3.05, 3.63) is 30.0 Å².